The van der Waals surface area contributed by atoms with E-state index in [-0.39, 0.29) is 23.7 Å². The number of halogens is 1. The molecule has 178 valence electrons. The molecule has 0 amide bonds. The number of hydrogen-bond donors (Lipinski definition) is 1. The lowest BCUT2D eigenvalue weighted by Gasteiger charge is -2.36. The predicted octanol–water partition coefficient (Wildman–Crippen LogP) is 0.468. The summed E-state index contributed by atoms with van der Waals surface area (Å²) in [5, 5.41) is 0. The van der Waals surface area contributed by atoms with Gasteiger partial charge >= 0.3 is 5.69 Å². The van der Waals surface area contributed by atoms with Crippen LogP contribution in [0.5, 0.6) is 5.75 Å². The van der Waals surface area contributed by atoms with Crippen molar-refractivity contribution < 1.29 is 13.2 Å². The highest BCUT2D eigenvalue weighted by Crippen LogP contribution is 2.18. The number of ether oxygens (including phenoxy) is 1. The summed E-state index contributed by atoms with van der Waals surface area (Å²) in [6.07, 6.45) is 1.94. The Hall–Kier alpha value is -2.50. The quantitative estimate of drug-likeness (QED) is 0.539. The van der Waals surface area contributed by atoms with E-state index < -0.39 is 10.0 Å². The Balaban J connectivity index is 0.00000363. The fraction of sp³-hybridized carbons (Fsp3) is 0.500. The van der Waals surface area contributed by atoms with Crippen LogP contribution in [0.15, 0.2) is 39.9 Å². The summed E-state index contributed by atoms with van der Waals surface area (Å²) >= 11 is 0. The number of nitrogens with zero attached hydrogens (tertiary/aromatic N) is 4. The second-order valence-corrected chi connectivity index (χ2v) is 9.42. The average Bonchev–Trinajstić information content (AvgIpc) is 2.72. The van der Waals surface area contributed by atoms with Crippen LogP contribution in [0.3, 0.4) is 0 Å². The van der Waals surface area contributed by atoms with Gasteiger partial charge in [-0.15, -0.1) is 12.4 Å². The van der Waals surface area contributed by atoms with E-state index in [0.29, 0.717) is 23.9 Å². The molecule has 0 aliphatic carbocycles. The van der Waals surface area contributed by atoms with E-state index in [1.54, 1.807) is 31.3 Å². The van der Waals surface area contributed by atoms with Crippen LogP contribution in [0, 0.1) is 0 Å². The van der Waals surface area contributed by atoms with Crippen molar-refractivity contribution in [2.45, 2.75) is 6.42 Å². The van der Waals surface area contributed by atoms with E-state index in [9.17, 15) is 18.0 Å². The molecule has 32 heavy (non-hydrogen) atoms. The Labute approximate surface area is 193 Å². The topological polar surface area (TPSA) is 106 Å². The van der Waals surface area contributed by atoms with E-state index in [1.807, 2.05) is 0 Å². The maximum atomic E-state index is 12.1. The van der Waals surface area contributed by atoms with Gasteiger partial charge in [0.2, 0.25) is 10.0 Å². The van der Waals surface area contributed by atoms with Crippen LogP contribution < -0.4 is 25.6 Å². The van der Waals surface area contributed by atoms with E-state index in [1.165, 1.54) is 17.7 Å². The van der Waals surface area contributed by atoms with Crippen molar-refractivity contribution in [3.05, 3.63) is 51.2 Å². The van der Waals surface area contributed by atoms with Crippen LogP contribution in [0.1, 0.15) is 6.42 Å². The first-order valence-electron chi connectivity index (χ1n) is 10.1. The molecule has 1 aromatic heterocycles. The van der Waals surface area contributed by atoms with Gasteiger partial charge in [0, 0.05) is 59.0 Å². The third-order valence-electron chi connectivity index (χ3n) is 5.22. The van der Waals surface area contributed by atoms with E-state index in [4.69, 9.17) is 4.74 Å². The summed E-state index contributed by atoms with van der Waals surface area (Å²) in [4.78, 5) is 28.5. The van der Waals surface area contributed by atoms with Crippen LogP contribution in [0.25, 0.3) is 0 Å². The molecule has 1 aliphatic rings. The van der Waals surface area contributed by atoms with Crippen molar-refractivity contribution in [1.29, 1.82) is 0 Å². The van der Waals surface area contributed by atoms with Crippen molar-refractivity contribution in [3.63, 3.8) is 0 Å². The first kappa shape index (κ1) is 25.8. The standard InChI is InChI=1S/C20H29N5O5S.ClH/c1-22-18(15-19(26)23(2)20(22)27)25-11-9-24(10-12-25)8-5-13-30-17-7-4-6-16(14-17)21-31(3,28)29;/h4,6-7,14-15,21H,5,8-13H2,1-3H3;1H. The molecular weight excluding hydrogens is 458 g/mol. The maximum absolute atomic E-state index is 12.1. The molecule has 2 heterocycles. The number of nitrogens with one attached hydrogen (secondary N) is 1. The molecule has 12 heteroatoms. The monoisotopic (exact) mass is 487 g/mol. The van der Waals surface area contributed by atoms with Crippen LogP contribution in [0.4, 0.5) is 11.5 Å². The van der Waals surface area contributed by atoms with Gasteiger partial charge in [0.1, 0.15) is 11.6 Å². The molecule has 1 N–H and O–H groups in total. The molecule has 0 atom stereocenters. The Kier molecular flexibility index (Phi) is 8.76. The molecular formula is C20H30ClN5O5S. The number of rotatable bonds is 8. The summed E-state index contributed by atoms with van der Waals surface area (Å²) in [6.45, 7) is 4.52. The van der Waals surface area contributed by atoms with Crippen molar-refractivity contribution >= 4 is 33.9 Å². The normalized spacial score (nSPS) is 14.7. The first-order chi connectivity index (χ1) is 14.6. The largest absolute Gasteiger partial charge is 0.493 e. The Morgan fingerprint density at radius 3 is 2.38 bits per heavy atom. The van der Waals surface area contributed by atoms with Crippen LogP contribution in [-0.2, 0) is 24.1 Å². The van der Waals surface area contributed by atoms with Gasteiger partial charge in [0.15, 0.2) is 0 Å². The SMILES string of the molecule is Cl.Cn1c(N2CCN(CCCOc3cccc(NS(C)(=O)=O)c3)CC2)cc(=O)n(C)c1=O. The smallest absolute Gasteiger partial charge is 0.332 e. The van der Waals surface area contributed by atoms with Crippen molar-refractivity contribution in [2.24, 2.45) is 14.1 Å². The molecule has 0 unspecified atom stereocenters. The lowest BCUT2D eigenvalue weighted by atomic mass is 10.3. The van der Waals surface area contributed by atoms with Gasteiger partial charge < -0.3 is 9.64 Å². The second-order valence-electron chi connectivity index (χ2n) is 7.67. The molecule has 10 nitrogen and oxygen atoms in total. The van der Waals surface area contributed by atoms with Crippen molar-refractivity contribution in [1.82, 2.24) is 14.0 Å². The van der Waals surface area contributed by atoms with Crippen molar-refractivity contribution in [3.8, 4) is 5.75 Å². The van der Waals surface area contributed by atoms with Gasteiger partial charge in [-0.05, 0) is 18.6 Å². The minimum atomic E-state index is -3.32. The predicted molar refractivity (Wildman–Crippen MR) is 128 cm³/mol. The number of hydrogen-bond acceptors (Lipinski definition) is 7. The molecule has 3 rings (SSSR count). The van der Waals surface area contributed by atoms with Gasteiger partial charge in [-0.3, -0.25) is 23.6 Å². The van der Waals surface area contributed by atoms with Crippen LogP contribution >= 0.6 is 12.4 Å². The first-order valence-corrected chi connectivity index (χ1v) is 12.0. The number of anilines is 2. The number of piperazine rings is 1. The zero-order valence-electron chi connectivity index (χ0n) is 18.5. The fourth-order valence-electron chi connectivity index (χ4n) is 3.57. The Morgan fingerprint density at radius 2 is 1.72 bits per heavy atom. The molecule has 0 bridgehead atoms. The lowest BCUT2D eigenvalue weighted by Crippen LogP contribution is -2.49. The maximum Gasteiger partial charge on any atom is 0.332 e. The second kappa shape index (κ2) is 10.9. The third kappa shape index (κ3) is 6.75. The van der Waals surface area contributed by atoms with E-state index in [0.717, 1.165) is 50.0 Å². The summed E-state index contributed by atoms with van der Waals surface area (Å²) in [5.41, 5.74) is -0.146. The molecule has 2 aromatic rings. The van der Waals surface area contributed by atoms with E-state index in [2.05, 4.69) is 14.5 Å². The number of sulfonamides is 1. The molecule has 1 aliphatic heterocycles. The summed E-state index contributed by atoms with van der Waals surface area (Å²) in [5.74, 6) is 1.27. The molecule has 0 saturated carbocycles. The van der Waals surface area contributed by atoms with Gasteiger partial charge in [0.05, 0.1) is 18.6 Å². The zero-order valence-corrected chi connectivity index (χ0v) is 20.1. The summed E-state index contributed by atoms with van der Waals surface area (Å²) in [6, 6.07) is 8.38. The van der Waals surface area contributed by atoms with Gasteiger partial charge in [-0.2, -0.15) is 0 Å². The Bertz CT molecular complexity index is 1140. The average molecular weight is 488 g/mol. The summed E-state index contributed by atoms with van der Waals surface area (Å²) < 4.78 is 33.5. The molecule has 1 saturated heterocycles. The highest BCUT2D eigenvalue weighted by atomic mass is 35.5. The van der Waals surface area contributed by atoms with Crippen LogP contribution in [-0.4, -0.2) is 68.0 Å². The van der Waals surface area contributed by atoms with Gasteiger partial charge in [-0.25, -0.2) is 13.2 Å². The summed E-state index contributed by atoms with van der Waals surface area (Å²) in [7, 11) is -0.161. The molecule has 0 spiro atoms. The zero-order chi connectivity index (χ0) is 22.6. The highest BCUT2D eigenvalue weighted by Gasteiger charge is 2.20. The third-order valence-corrected chi connectivity index (χ3v) is 5.83. The fourth-order valence-corrected chi connectivity index (χ4v) is 4.12. The molecule has 1 aromatic carbocycles. The minimum Gasteiger partial charge on any atom is -0.493 e. The lowest BCUT2D eigenvalue weighted by molar-refractivity contribution is 0.224. The highest BCUT2D eigenvalue weighted by molar-refractivity contribution is 7.92. The minimum absolute atomic E-state index is 0. The van der Waals surface area contributed by atoms with Crippen molar-refractivity contribution in [2.75, 3.05) is 55.2 Å². The number of aromatic nitrogens is 2. The molecule has 1 fully saturated rings. The van der Waals surface area contributed by atoms with Gasteiger partial charge in [0.25, 0.3) is 5.56 Å². The Morgan fingerprint density at radius 1 is 1.03 bits per heavy atom. The molecule has 0 radical (unpaired) electrons. The number of benzene rings is 1. The van der Waals surface area contributed by atoms with Crippen LogP contribution in [0.2, 0.25) is 0 Å². The van der Waals surface area contributed by atoms with E-state index >= 15 is 0 Å². The van der Waals surface area contributed by atoms with Gasteiger partial charge in [-0.1, -0.05) is 6.07 Å².